The third-order valence-corrected chi connectivity index (χ3v) is 4.52. The molecule has 1 heterocycles. The summed E-state index contributed by atoms with van der Waals surface area (Å²) in [6, 6.07) is 3.55. The number of aromatic nitrogens is 1. The predicted octanol–water partition coefficient (Wildman–Crippen LogP) is 1.01. The van der Waals surface area contributed by atoms with Crippen molar-refractivity contribution in [2.75, 3.05) is 11.3 Å². The van der Waals surface area contributed by atoms with E-state index in [0.717, 1.165) is 12.3 Å². The van der Waals surface area contributed by atoms with E-state index in [-0.39, 0.29) is 10.6 Å². The molecule has 1 aromatic heterocycles. The molecule has 0 aliphatic heterocycles. The highest BCUT2D eigenvalue weighted by Gasteiger charge is 2.20. The van der Waals surface area contributed by atoms with E-state index in [1.165, 1.54) is 6.07 Å². The molecule has 11 heteroatoms. The lowest BCUT2D eigenvalue weighted by atomic mass is 10.1. The molecule has 0 fully saturated rings. The van der Waals surface area contributed by atoms with Crippen molar-refractivity contribution in [3.63, 3.8) is 0 Å². The van der Waals surface area contributed by atoms with Crippen LogP contribution in [0.5, 0.6) is 0 Å². The summed E-state index contributed by atoms with van der Waals surface area (Å²) >= 11 is 0. The number of hydrogen-bond acceptors (Lipinski definition) is 5. The maximum Gasteiger partial charge on any atom is 0.269 e. The van der Waals surface area contributed by atoms with Crippen molar-refractivity contribution in [2.45, 2.75) is 11.8 Å². The topological polar surface area (TPSA) is 131 Å². The van der Waals surface area contributed by atoms with Crippen LogP contribution in [0.15, 0.2) is 35.4 Å². The number of nitrogens with one attached hydrogen (secondary N) is 2. The molecule has 1 aromatic carbocycles. The summed E-state index contributed by atoms with van der Waals surface area (Å²) in [6.45, 7) is 2.09. The first-order chi connectivity index (χ1) is 12.2. The summed E-state index contributed by atoms with van der Waals surface area (Å²) in [4.78, 5) is 26.0. The zero-order valence-corrected chi connectivity index (χ0v) is 14.2. The molecule has 0 saturated carbocycles. The van der Waals surface area contributed by atoms with E-state index in [2.05, 4.69) is 10.3 Å². The zero-order valence-electron chi connectivity index (χ0n) is 13.4. The number of amides is 2. The third-order valence-electron chi connectivity index (χ3n) is 3.16. The van der Waals surface area contributed by atoms with Crippen molar-refractivity contribution in [2.24, 2.45) is 5.73 Å². The fraction of sp³-hybridized carbons (Fsp3) is 0.133. The lowest BCUT2D eigenvalue weighted by molar-refractivity contribution is 0.0949. The van der Waals surface area contributed by atoms with Gasteiger partial charge in [-0.15, -0.1) is 0 Å². The van der Waals surface area contributed by atoms with Crippen LogP contribution in [0.25, 0.3) is 0 Å². The molecule has 0 unspecified atom stereocenters. The van der Waals surface area contributed by atoms with Gasteiger partial charge in [0.1, 0.15) is 27.8 Å². The molecule has 8 nitrogen and oxygen atoms in total. The molecule has 0 saturated heterocycles. The van der Waals surface area contributed by atoms with E-state index in [0.29, 0.717) is 18.7 Å². The van der Waals surface area contributed by atoms with Crippen molar-refractivity contribution in [3.8, 4) is 0 Å². The van der Waals surface area contributed by atoms with Gasteiger partial charge in [0, 0.05) is 12.7 Å². The Morgan fingerprint density at radius 2 is 1.81 bits per heavy atom. The number of carbonyl (C=O) groups is 2. The van der Waals surface area contributed by atoms with E-state index in [1.54, 1.807) is 6.92 Å². The molecule has 0 aliphatic rings. The van der Waals surface area contributed by atoms with Crippen LogP contribution in [0, 0.1) is 11.6 Å². The van der Waals surface area contributed by atoms with Gasteiger partial charge in [0.2, 0.25) is 0 Å². The van der Waals surface area contributed by atoms with Crippen LogP contribution < -0.4 is 15.8 Å². The number of pyridine rings is 1. The summed E-state index contributed by atoms with van der Waals surface area (Å²) in [5.74, 6) is -4.41. The van der Waals surface area contributed by atoms with Crippen LogP contribution in [0.4, 0.5) is 14.5 Å². The maximum absolute atomic E-state index is 13.7. The lowest BCUT2D eigenvalue weighted by Gasteiger charge is -2.10. The van der Waals surface area contributed by atoms with Crippen molar-refractivity contribution in [3.05, 3.63) is 53.4 Å². The van der Waals surface area contributed by atoms with E-state index >= 15 is 0 Å². The molecular formula is C15H14F2N4O4S. The quantitative estimate of drug-likeness (QED) is 0.684. The second-order valence-corrected chi connectivity index (χ2v) is 6.71. The number of halogens is 2. The first-order valence-corrected chi connectivity index (χ1v) is 8.70. The standard InChI is InChI=1S/C15H14F2N4O4S/c1-2-19-15(23)12-4-3-9(7-20-12)26(24,25)21-8-5-10(16)13(14(18)22)11(17)6-8/h3-7,21H,2H2,1H3,(H2,18,22)(H,19,23). The van der Waals surface area contributed by atoms with Gasteiger partial charge in [0.05, 0.1) is 5.69 Å². The summed E-state index contributed by atoms with van der Waals surface area (Å²) in [6.07, 6.45) is 0.928. The largest absolute Gasteiger partial charge is 0.365 e. The highest BCUT2D eigenvalue weighted by molar-refractivity contribution is 7.92. The van der Waals surface area contributed by atoms with Crippen molar-refractivity contribution in [1.82, 2.24) is 10.3 Å². The third kappa shape index (κ3) is 4.11. The molecule has 0 spiro atoms. The van der Waals surface area contributed by atoms with Crippen molar-refractivity contribution in [1.29, 1.82) is 0 Å². The first kappa shape index (κ1) is 19.2. The van der Waals surface area contributed by atoms with Crippen molar-refractivity contribution >= 4 is 27.5 Å². The molecule has 0 radical (unpaired) electrons. The number of primary amides is 1. The first-order valence-electron chi connectivity index (χ1n) is 7.21. The molecular weight excluding hydrogens is 370 g/mol. The molecule has 2 aromatic rings. The minimum atomic E-state index is -4.23. The number of anilines is 1. The Balaban J connectivity index is 2.29. The molecule has 4 N–H and O–H groups in total. The number of benzene rings is 1. The minimum Gasteiger partial charge on any atom is -0.365 e. The number of nitrogens with two attached hydrogens (primary N) is 1. The number of hydrogen-bond donors (Lipinski definition) is 3. The average molecular weight is 384 g/mol. The summed E-state index contributed by atoms with van der Waals surface area (Å²) in [5.41, 5.74) is 3.44. The summed E-state index contributed by atoms with van der Waals surface area (Å²) < 4.78 is 53.9. The number of nitrogens with zero attached hydrogens (tertiary/aromatic N) is 1. The van der Waals surface area contributed by atoms with Crippen LogP contribution in [0.3, 0.4) is 0 Å². The fourth-order valence-electron chi connectivity index (χ4n) is 2.01. The predicted molar refractivity (Wildman–Crippen MR) is 87.9 cm³/mol. The Morgan fingerprint density at radius 3 is 2.27 bits per heavy atom. The van der Waals surface area contributed by atoms with Gasteiger partial charge in [-0.2, -0.15) is 0 Å². The fourth-order valence-corrected chi connectivity index (χ4v) is 2.99. The van der Waals surface area contributed by atoms with Gasteiger partial charge in [-0.1, -0.05) is 0 Å². The van der Waals surface area contributed by atoms with Gasteiger partial charge in [-0.3, -0.25) is 14.3 Å². The van der Waals surface area contributed by atoms with Gasteiger partial charge in [0.15, 0.2) is 0 Å². The Hall–Kier alpha value is -3.08. The average Bonchev–Trinajstić information content (AvgIpc) is 2.53. The Morgan fingerprint density at radius 1 is 1.19 bits per heavy atom. The van der Waals surface area contributed by atoms with Crippen LogP contribution in [-0.2, 0) is 10.0 Å². The number of sulfonamides is 1. The SMILES string of the molecule is CCNC(=O)c1ccc(S(=O)(=O)Nc2cc(F)c(C(N)=O)c(F)c2)cn1. The van der Waals surface area contributed by atoms with E-state index in [4.69, 9.17) is 5.73 Å². The van der Waals surface area contributed by atoms with Crippen LogP contribution >= 0.6 is 0 Å². The number of carbonyl (C=O) groups excluding carboxylic acids is 2. The highest BCUT2D eigenvalue weighted by Crippen LogP contribution is 2.21. The van der Waals surface area contributed by atoms with Gasteiger partial charge in [-0.05, 0) is 31.2 Å². The van der Waals surface area contributed by atoms with Gasteiger partial charge in [0.25, 0.3) is 21.8 Å². The van der Waals surface area contributed by atoms with E-state index in [1.807, 2.05) is 4.72 Å². The maximum atomic E-state index is 13.7. The molecule has 26 heavy (non-hydrogen) atoms. The van der Waals surface area contributed by atoms with Crippen LogP contribution in [-0.4, -0.2) is 31.8 Å². The molecule has 0 atom stereocenters. The number of rotatable bonds is 6. The monoisotopic (exact) mass is 384 g/mol. The smallest absolute Gasteiger partial charge is 0.269 e. The Kier molecular flexibility index (Phi) is 5.50. The lowest BCUT2D eigenvalue weighted by Crippen LogP contribution is -2.24. The molecule has 2 amide bonds. The van der Waals surface area contributed by atoms with Gasteiger partial charge in [-0.25, -0.2) is 22.2 Å². The van der Waals surface area contributed by atoms with E-state index in [9.17, 15) is 26.8 Å². The van der Waals surface area contributed by atoms with Crippen LogP contribution in [0.1, 0.15) is 27.8 Å². The Labute approximate surface area is 147 Å². The molecule has 138 valence electrons. The van der Waals surface area contributed by atoms with E-state index < -0.39 is 44.7 Å². The van der Waals surface area contributed by atoms with Gasteiger partial charge >= 0.3 is 0 Å². The highest BCUT2D eigenvalue weighted by atomic mass is 32.2. The normalized spacial score (nSPS) is 11.0. The summed E-state index contributed by atoms with van der Waals surface area (Å²) in [7, 11) is -4.23. The summed E-state index contributed by atoms with van der Waals surface area (Å²) in [5, 5.41) is 2.50. The molecule has 0 bridgehead atoms. The minimum absolute atomic E-state index is 0.00806. The second kappa shape index (κ2) is 7.44. The van der Waals surface area contributed by atoms with Gasteiger partial charge < -0.3 is 11.1 Å². The second-order valence-electron chi connectivity index (χ2n) is 5.02. The Bertz CT molecular complexity index is 939. The molecule has 0 aliphatic carbocycles. The van der Waals surface area contributed by atoms with Crippen LogP contribution in [0.2, 0.25) is 0 Å². The molecule has 2 rings (SSSR count). The van der Waals surface area contributed by atoms with Crippen molar-refractivity contribution < 1.29 is 26.8 Å². The zero-order chi connectivity index (χ0) is 19.5.